The molecule has 2 fully saturated rings. The molecule has 4 atom stereocenters. The van der Waals surface area contributed by atoms with Crippen molar-refractivity contribution >= 4 is 0 Å². The molecule has 2 heteroatoms. The molecule has 2 saturated carbocycles. The summed E-state index contributed by atoms with van der Waals surface area (Å²) >= 11 is 0. The van der Waals surface area contributed by atoms with E-state index in [1.54, 1.807) is 0 Å². The Morgan fingerprint density at radius 1 is 0.533 bits per heavy atom. The second-order valence-electron chi connectivity index (χ2n) is 11.8. The SMILES string of the molecule is C=CC1CC(C(C)C)C(N=NC2C(C(C)C)CC(C=C)CC2C(C)C)C(C(C)C)C1. The van der Waals surface area contributed by atoms with Crippen molar-refractivity contribution in [3.8, 4) is 0 Å². The molecule has 4 unspecified atom stereocenters. The Morgan fingerprint density at radius 3 is 0.933 bits per heavy atom. The van der Waals surface area contributed by atoms with Crippen molar-refractivity contribution in [3.05, 3.63) is 25.3 Å². The number of azo groups is 1. The molecule has 0 bridgehead atoms. The first kappa shape index (κ1) is 25.3. The largest absolute Gasteiger partial charge is 0.190 e. The Morgan fingerprint density at radius 2 is 0.767 bits per heavy atom. The van der Waals surface area contributed by atoms with Gasteiger partial charge in [0.15, 0.2) is 0 Å². The van der Waals surface area contributed by atoms with Gasteiger partial charge < -0.3 is 0 Å². The molecule has 30 heavy (non-hydrogen) atoms. The molecule has 2 rings (SSSR count). The van der Waals surface area contributed by atoms with Crippen LogP contribution in [0.5, 0.6) is 0 Å². The molecular formula is C28H50N2. The van der Waals surface area contributed by atoms with E-state index in [1.165, 1.54) is 25.7 Å². The first-order valence-corrected chi connectivity index (χ1v) is 12.8. The zero-order valence-corrected chi connectivity index (χ0v) is 21.2. The molecule has 0 spiro atoms. The fourth-order valence-corrected chi connectivity index (χ4v) is 6.33. The van der Waals surface area contributed by atoms with Crippen LogP contribution in [-0.2, 0) is 0 Å². The maximum atomic E-state index is 5.26. The van der Waals surface area contributed by atoms with E-state index >= 15 is 0 Å². The topological polar surface area (TPSA) is 24.7 Å². The lowest BCUT2D eigenvalue weighted by Crippen LogP contribution is -2.42. The Hall–Kier alpha value is -0.920. The highest BCUT2D eigenvalue weighted by Gasteiger charge is 2.42. The highest BCUT2D eigenvalue weighted by atomic mass is 15.2. The van der Waals surface area contributed by atoms with Gasteiger partial charge in [0, 0.05) is 0 Å². The standard InChI is InChI=1S/C28H50N2/c1-11-21-13-23(17(3)4)27(24(14-21)18(5)6)29-30-28-25(19(7)8)15-22(12-2)16-26(28)20(9)10/h11-12,17-28H,1-2,13-16H2,3-10H3. The predicted molar refractivity (Wildman–Crippen MR) is 132 cm³/mol. The second-order valence-corrected chi connectivity index (χ2v) is 11.8. The minimum Gasteiger partial charge on any atom is -0.190 e. The van der Waals surface area contributed by atoms with E-state index in [-0.39, 0.29) is 0 Å². The highest BCUT2D eigenvalue weighted by molar-refractivity contribution is 5.00. The minimum absolute atomic E-state index is 0.360. The number of hydrogen-bond donors (Lipinski definition) is 0. The van der Waals surface area contributed by atoms with Gasteiger partial charge in [-0.1, -0.05) is 67.5 Å². The fraction of sp³-hybridized carbons (Fsp3) is 0.857. The Labute approximate surface area is 188 Å². The zero-order chi connectivity index (χ0) is 22.6. The van der Waals surface area contributed by atoms with Crippen LogP contribution in [0.2, 0.25) is 0 Å². The van der Waals surface area contributed by atoms with Gasteiger partial charge in [-0.2, -0.15) is 10.2 Å². The predicted octanol–water partition coefficient (Wildman–Crippen LogP) is 8.46. The average Bonchev–Trinajstić information content (AvgIpc) is 2.70. The average molecular weight is 415 g/mol. The van der Waals surface area contributed by atoms with Crippen molar-refractivity contribution in [2.24, 2.45) is 69.4 Å². The molecule has 0 heterocycles. The third-order valence-electron chi connectivity index (χ3n) is 8.48. The van der Waals surface area contributed by atoms with Gasteiger partial charge in [0.2, 0.25) is 0 Å². The molecular weight excluding hydrogens is 364 g/mol. The molecule has 0 aromatic rings. The molecule has 2 nitrogen and oxygen atoms in total. The normalized spacial score (nSPS) is 38.1. The van der Waals surface area contributed by atoms with Crippen molar-refractivity contribution in [2.75, 3.05) is 0 Å². The summed E-state index contributed by atoms with van der Waals surface area (Å²) in [5, 5.41) is 10.5. The number of rotatable bonds is 8. The van der Waals surface area contributed by atoms with Gasteiger partial charge in [-0.15, -0.1) is 13.2 Å². The van der Waals surface area contributed by atoms with Crippen LogP contribution in [0, 0.1) is 59.2 Å². The Balaban J connectivity index is 2.36. The monoisotopic (exact) mass is 414 g/mol. The molecule has 0 amide bonds. The van der Waals surface area contributed by atoms with Gasteiger partial charge in [0.1, 0.15) is 0 Å². The lowest BCUT2D eigenvalue weighted by Gasteiger charge is -2.44. The van der Waals surface area contributed by atoms with Crippen LogP contribution in [0.4, 0.5) is 0 Å². The molecule has 0 aromatic heterocycles. The molecule has 2 aliphatic carbocycles. The van der Waals surface area contributed by atoms with Crippen LogP contribution >= 0.6 is 0 Å². The molecule has 0 aromatic carbocycles. The molecule has 172 valence electrons. The summed E-state index contributed by atoms with van der Waals surface area (Å²) in [6.45, 7) is 27.2. The smallest absolute Gasteiger partial charge is 0.0769 e. The van der Waals surface area contributed by atoms with Gasteiger partial charge in [-0.3, -0.25) is 0 Å². The third-order valence-corrected chi connectivity index (χ3v) is 8.48. The fourth-order valence-electron chi connectivity index (χ4n) is 6.33. The van der Waals surface area contributed by atoms with Crippen molar-refractivity contribution < 1.29 is 0 Å². The van der Waals surface area contributed by atoms with Gasteiger partial charge in [0.05, 0.1) is 12.1 Å². The van der Waals surface area contributed by atoms with E-state index in [9.17, 15) is 0 Å². The lowest BCUT2D eigenvalue weighted by atomic mass is 9.64. The van der Waals surface area contributed by atoms with Crippen LogP contribution in [0.3, 0.4) is 0 Å². The van der Waals surface area contributed by atoms with Crippen LogP contribution < -0.4 is 0 Å². The summed E-state index contributed by atoms with van der Waals surface area (Å²) in [5.74, 6) is 6.24. The van der Waals surface area contributed by atoms with Crippen molar-refractivity contribution in [3.63, 3.8) is 0 Å². The van der Waals surface area contributed by atoms with E-state index in [0.29, 0.717) is 71.3 Å². The van der Waals surface area contributed by atoms with E-state index in [2.05, 4.69) is 80.7 Å². The van der Waals surface area contributed by atoms with Crippen molar-refractivity contribution in [2.45, 2.75) is 93.2 Å². The molecule has 2 aliphatic rings. The molecule has 0 radical (unpaired) electrons. The Kier molecular flexibility index (Phi) is 9.37. The van der Waals surface area contributed by atoms with Gasteiger partial charge in [-0.25, -0.2) is 0 Å². The van der Waals surface area contributed by atoms with Crippen LogP contribution in [0.15, 0.2) is 35.5 Å². The second kappa shape index (κ2) is 11.1. The number of allylic oxidation sites excluding steroid dienone is 2. The van der Waals surface area contributed by atoms with Crippen molar-refractivity contribution in [1.82, 2.24) is 0 Å². The summed E-state index contributed by atoms with van der Waals surface area (Å²) in [4.78, 5) is 0. The number of hydrogen-bond acceptors (Lipinski definition) is 2. The first-order chi connectivity index (χ1) is 14.1. The van der Waals surface area contributed by atoms with Gasteiger partial charge >= 0.3 is 0 Å². The van der Waals surface area contributed by atoms with Crippen LogP contribution in [0.1, 0.15) is 81.1 Å². The molecule has 0 saturated heterocycles. The first-order valence-electron chi connectivity index (χ1n) is 12.8. The maximum Gasteiger partial charge on any atom is 0.0769 e. The molecule has 0 aliphatic heterocycles. The van der Waals surface area contributed by atoms with E-state index in [4.69, 9.17) is 10.2 Å². The van der Waals surface area contributed by atoms with Crippen molar-refractivity contribution in [1.29, 1.82) is 0 Å². The lowest BCUT2D eigenvalue weighted by molar-refractivity contribution is 0.0907. The number of nitrogens with zero attached hydrogens (tertiary/aromatic N) is 2. The summed E-state index contributed by atoms with van der Waals surface area (Å²) in [7, 11) is 0. The summed E-state index contributed by atoms with van der Waals surface area (Å²) in [6.07, 6.45) is 9.27. The summed E-state index contributed by atoms with van der Waals surface area (Å²) in [6, 6.07) is 0.720. The third kappa shape index (κ3) is 5.86. The Bertz CT molecular complexity index is 487. The highest BCUT2D eigenvalue weighted by Crippen LogP contribution is 2.46. The minimum atomic E-state index is 0.360. The summed E-state index contributed by atoms with van der Waals surface area (Å²) < 4.78 is 0. The van der Waals surface area contributed by atoms with Gasteiger partial charge in [0.25, 0.3) is 0 Å². The van der Waals surface area contributed by atoms with Crippen LogP contribution in [0.25, 0.3) is 0 Å². The maximum absolute atomic E-state index is 5.26. The quantitative estimate of drug-likeness (QED) is 0.281. The van der Waals surface area contributed by atoms with Gasteiger partial charge in [-0.05, 0) is 84.9 Å². The zero-order valence-electron chi connectivity index (χ0n) is 21.2. The summed E-state index contributed by atoms with van der Waals surface area (Å²) in [5.41, 5.74) is 0. The van der Waals surface area contributed by atoms with E-state index < -0.39 is 0 Å². The van der Waals surface area contributed by atoms with Crippen LogP contribution in [-0.4, -0.2) is 12.1 Å². The van der Waals surface area contributed by atoms with E-state index in [0.717, 1.165) is 0 Å². The molecule has 0 N–H and O–H groups in total. The van der Waals surface area contributed by atoms with E-state index in [1.807, 2.05) is 0 Å².